The molecule has 34 heavy (non-hydrogen) atoms. The van der Waals surface area contributed by atoms with Gasteiger partial charge in [0.15, 0.2) is 29.1 Å². The SMILES string of the molecule is CCC1c2nnc(C)n2-c2cnc(-c3cn[nH]c3-c3nccs3)nc2N1c1ccc(F)c(F)c1. The maximum atomic E-state index is 14.3. The third kappa shape index (κ3) is 3.02. The van der Waals surface area contributed by atoms with Gasteiger partial charge < -0.3 is 4.90 Å². The quantitative estimate of drug-likeness (QED) is 0.398. The van der Waals surface area contributed by atoms with Crippen LogP contribution in [0.3, 0.4) is 0 Å². The molecule has 9 nitrogen and oxygen atoms in total. The number of aromatic nitrogens is 8. The fourth-order valence-electron chi connectivity index (χ4n) is 4.25. The molecular formula is C22H17F2N9S. The van der Waals surface area contributed by atoms with Crippen molar-refractivity contribution < 1.29 is 8.78 Å². The van der Waals surface area contributed by atoms with Crippen LogP contribution in [0, 0.1) is 18.6 Å². The van der Waals surface area contributed by atoms with E-state index in [-0.39, 0.29) is 6.04 Å². The van der Waals surface area contributed by atoms with Gasteiger partial charge in [-0.3, -0.25) is 9.67 Å². The molecule has 0 aliphatic carbocycles. The van der Waals surface area contributed by atoms with Gasteiger partial charge in [0, 0.05) is 23.3 Å². The molecule has 0 radical (unpaired) electrons. The van der Waals surface area contributed by atoms with Gasteiger partial charge in [0.1, 0.15) is 22.2 Å². The van der Waals surface area contributed by atoms with Gasteiger partial charge in [0.2, 0.25) is 0 Å². The van der Waals surface area contributed by atoms with Gasteiger partial charge in [-0.25, -0.2) is 23.7 Å². The molecule has 0 spiro atoms. The Balaban J connectivity index is 1.59. The summed E-state index contributed by atoms with van der Waals surface area (Å²) in [5, 5.41) is 18.4. The van der Waals surface area contributed by atoms with E-state index in [0.29, 0.717) is 52.3 Å². The number of aromatic amines is 1. The average molecular weight is 478 g/mol. The molecule has 0 saturated heterocycles. The third-order valence-electron chi connectivity index (χ3n) is 5.77. The second-order valence-corrected chi connectivity index (χ2v) is 8.63. The molecule has 5 aromatic rings. The van der Waals surface area contributed by atoms with Crippen molar-refractivity contribution >= 4 is 22.8 Å². The Morgan fingerprint density at radius 2 is 2.00 bits per heavy atom. The van der Waals surface area contributed by atoms with Crippen LogP contribution in [0.25, 0.3) is 27.8 Å². The first-order valence-corrected chi connectivity index (χ1v) is 11.4. The summed E-state index contributed by atoms with van der Waals surface area (Å²) in [5.41, 5.74) is 2.49. The minimum atomic E-state index is -0.938. The fourth-order valence-corrected chi connectivity index (χ4v) is 4.90. The predicted octanol–water partition coefficient (Wildman–Crippen LogP) is 4.76. The lowest BCUT2D eigenvalue weighted by Crippen LogP contribution is -2.32. The van der Waals surface area contributed by atoms with E-state index in [2.05, 4.69) is 30.4 Å². The second-order valence-electron chi connectivity index (χ2n) is 7.73. The van der Waals surface area contributed by atoms with E-state index in [1.54, 1.807) is 18.6 Å². The summed E-state index contributed by atoms with van der Waals surface area (Å²) < 4.78 is 29.9. The number of benzene rings is 1. The van der Waals surface area contributed by atoms with Gasteiger partial charge in [-0.15, -0.1) is 21.5 Å². The van der Waals surface area contributed by atoms with Crippen LogP contribution >= 0.6 is 11.3 Å². The first kappa shape index (κ1) is 20.5. The lowest BCUT2D eigenvalue weighted by Gasteiger charge is -2.37. The molecule has 0 fully saturated rings. The molecule has 1 N–H and O–H groups in total. The zero-order valence-electron chi connectivity index (χ0n) is 18.1. The number of anilines is 2. The van der Waals surface area contributed by atoms with Crippen molar-refractivity contribution in [2.45, 2.75) is 26.3 Å². The molecule has 6 rings (SSSR count). The lowest BCUT2D eigenvalue weighted by atomic mass is 10.1. The van der Waals surface area contributed by atoms with E-state index in [1.807, 2.05) is 28.7 Å². The molecule has 5 heterocycles. The monoisotopic (exact) mass is 477 g/mol. The van der Waals surface area contributed by atoms with Gasteiger partial charge in [0.25, 0.3) is 0 Å². The number of thiazole rings is 1. The zero-order chi connectivity index (χ0) is 23.4. The van der Waals surface area contributed by atoms with Crippen LogP contribution in [-0.2, 0) is 0 Å². The number of nitrogens with zero attached hydrogens (tertiary/aromatic N) is 8. The van der Waals surface area contributed by atoms with Crippen molar-refractivity contribution in [3.63, 3.8) is 0 Å². The van der Waals surface area contributed by atoms with Crippen LogP contribution < -0.4 is 4.90 Å². The summed E-state index contributed by atoms with van der Waals surface area (Å²) >= 11 is 1.47. The third-order valence-corrected chi connectivity index (χ3v) is 6.56. The number of nitrogens with one attached hydrogen (secondary N) is 1. The normalized spacial score (nSPS) is 14.8. The second kappa shape index (κ2) is 7.76. The molecule has 1 aromatic carbocycles. The van der Waals surface area contributed by atoms with E-state index < -0.39 is 11.6 Å². The van der Waals surface area contributed by atoms with Gasteiger partial charge >= 0.3 is 0 Å². The van der Waals surface area contributed by atoms with E-state index in [0.717, 1.165) is 11.1 Å². The first-order chi connectivity index (χ1) is 16.6. The maximum Gasteiger partial charge on any atom is 0.165 e. The number of hydrogen-bond acceptors (Lipinski definition) is 8. The van der Waals surface area contributed by atoms with E-state index >= 15 is 0 Å². The zero-order valence-corrected chi connectivity index (χ0v) is 18.9. The number of rotatable bonds is 4. The number of hydrogen-bond donors (Lipinski definition) is 1. The number of fused-ring (bicyclic) bond motifs is 3. The predicted molar refractivity (Wildman–Crippen MR) is 122 cm³/mol. The summed E-state index contributed by atoms with van der Waals surface area (Å²) in [6.07, 6.45) is 5.68. The standard InChI is InChI=1S/C22H17F2N9S/c1-3-16-21-31-29-11(2)32(21)17-10-26-19(13-9-27-30-18(13)22-25-6-7-34-22)28-20(17)33(16)12-4-5-14(23)15(24)8-12/h4-10,16H,3H2,1-2H3,(H,27,30). The Bertz CT molecular complexity index is 1510. The molecule has 0 amide bonds. The average Bonchev–Trinajstić information content (AvgIpc) is 3.60. The van der Waals surface area contributed by atoms with Crippen LogP contribution in [0.5, 0.6) is 0 Å². The molecule has 12 heteroatoms. The van der Waals surface area contributed by atoms with Gasteiger partial charge in [-0.05, 0) is 25.5 Å². The molecule has 0 saturated carbocycles. The van der Waals surface area contributed by atoms with Crippen molar-refractivity contribution in [3.05, 3.63) is 65.5 Å². The van der Waals surface area contributed by atoms with Gasteiger partial charge in [-0.2, -0.15) is 5.10 Å². The van der Waals surface area contributed by atoms with Crippen LogP contribution in [0.4, 0.5) is 20.3 Å². The highest BCUT2D eigenvalue weighted by molar-refractivity contribution is 7.13. The summed E-state index contributed by atoms with van der Waals surface area (Å²) in [5.74, 6) is 0.470. The van der Waals surface area contributed by atoms with Crippen molar-refractivity contribution in [1.82, 2.24) is 39.9 Å². The Morgan fingerprint density at radius 3 is 2.76 bits per heavy atom. The largest absolute Gasteiger partial charge is 0.314 e. The lowest BCUT2D eigenvalue weighted by molar-refractivity contribution is 0.507. The Kier molecular flexibility index (Phi) is 4.69. The summed E-state index contributed by atoms with van der Waals surface area (Å²) in [6, 6.07) is 3.51. The maximum absolute atomic E-state index is 14.3. The minimum absolute atomic E-state index is 0.302. The van der Waals surface area contributed by atoms with Gasteiger partial charge in [0.05, 0.1) is 24.0 Å². The fraction of sp³-hybridized carbons (Fsp3) is 0.182. The van der Waals surface area contributed by atoms with Crippen LogP contribution in [0.2, 0.25) is 0 Å². The number of halogens is 2. The van der Waals surface area contributed by atoms with Crippen molar-refractivity contribution in [3.8, 4) is 27.8 Å². The molecule has 1 aliphatic rings. The van der Waals surface area contributed by atoms with Crippen LogP contribution in [-0.4, -0.2) is 39.9 Å². The highest BCUT2D eigenvalue weighted by Gasteiger charge is 2.36. The summed E-state index contributed by atoms with van der Waals surface area (Å²) in [7, 11) is 0. The molecule has 170 valence electrons. The Labute approximate surface area is 196 Å². The van der Waals surface area contributed by atoms with Crippen LogP contribution in [0.1, 0.15) is 31.0 Å². The van der Waals surface area contributed by atoms with Crippen molar-refractivity contribution in [1.29, 1.82) is 0 Å². The minimum Gasteiger partial charge on any atom is -0.314 e. The van der Waals surface area contributed by atoms with E-state index in [4.69, 9.17) is 4.98 Å². The topological polar surface area (TPSA) is 101 Å². The van der Waals surface area contributed by atoms with E-state index in [1.165, 1.54) is 23.5 Å². The molecular weight excluding hydrogens is 460 g/mol. The molecule has 1 aliphatic heterocycles. The highest BCUT2D eigenvalue weighted by atomic mass is 32.1. The first-order valence-electron chi connectivity index (χ1n) is 10.5. The molecule has 0 bridgehead atoms. The number of H-pyrrole nitrogens is 1. The van der Waals surface area contributed by atoms with Gasteiger partial charge in [-0.1, -0.05) is 6.92 Å². The number of aryl methyl sites for hydroxylation is 1. The highest BCUT2D eigenvalue weighted by Crippen LogP contribution is 2.44. The van der Waals surface area contributed by atoms with Crippen LogP contribution in [0.15, 0.2) is 42.2 Å². The van der Waals surface area contributed by atoms with Crippen molar-refractivity contribution in [2.24, 2.45) is 0 Å². The Morgan fingerprint density at radius 1 is 1.12 bits per heavy atom. The Hall–Kier alpha value is -4.06. The molecule has 1 atom stereocenters. The molecule has 1 unspecified atom stereocenters. The molecule has 4 aromatic heterocycles. The van der Waals surface area contributed by atoms with E-state index in [9.17, 15) is 8.78 Å². The van der Waals surface area contributed by atoms with Crippen molar-refractivity contribution in [2.75, 3.05) is 4.90 Å². The summed E-state index contributed by atoms with van der Waals surface area (Å²) in [6.45, 7) is 3.85. The summed E-state index contributed by atoms with van der Waals surface area (Å²) in [4.78, 5) is 15.7. The smallest absolute Gasteiger partial charge is 0.165 e.